The summed E-state index contributed by atoms with van der Waals surface area (Å²) in [6.45, 7) is 3.24. The average Bonchev–Trinajstić information content (AvgIpc) is 2.74. The minimum atomic E-state index is -3.49. The van der Waals surface area contributed by atoms with Gasteiger partial charge in [0.1, 0.15) is 0 Å². The molecular formula is C24H26N2O4S. The highest BCUT2D eigenvalue weighted by Crippen LogP contribution is 2.19. The Bertz CT molecular complexity index is 1130. The van der Waals surface area contributed by atoms with Gasteiger partial charge in [-0.2, -0.15) is 0 Å². The molecule has 0 saturated carbocycles. The lowest BCUT2D eigenvalue weighted by atomic mass is 10.1. The van der Waals surface area contributed by atoms with Crippen molar-refractivity contribution in [2.75, 3.05) is 11.0 Å². The molecule has 0 aromatic heterocycles. The molecular weight excluding hydrogens is 412 g/mol. The van der Waals surface area contributed by atoms with E-state index in [9.17, 15) is 13.2 Å². The number of aryl methyl sites for hydroxylation is 1. The Morgan fingerprint density at radius 1 is 0.871 bits per heavy atom. The van der Waals surface area contributed by atoms with Gasteiger partial charge < -0.3 is 10.1 Å². The number of benzene rings is 3. The van der Waals surface area contributed by atoms with Gasteiger partial charge in [-0.3, -0.25) is 9.52 Å². The van der Waals surface area contributed by atoms with Gasteiger partial charge in [0.05, 0.1) is 30.7 Å². The summed E-state index contributed by atoms with van der Waals surface area (Å²) < 4.78 is 31.3. The highest BCUT2D eigenvalue weighted by molar-refractivity contribution is 7.92. The van der Waals surface area contributed by atoms with Crippen molar-refractivity contribution in [1.29, 1.82) is 0 Å². The summed E-state index contributed by atoms with van der Waals surface area (Å²) in [4.78, 5) is 12.7. The molecule has 0 radical (unpaired) electrons. The van der Waals surface area contributed by atoms with Crippen molar-refractivity contribution in [3.05, 3.63) is 101 Å². The van der Waals surface area contributed by atoms with Gasteiger partial charge >= 0.3 is 0 Å². The van der Waals surface area contributed by atoms with E-state index >= 15 is 0 Å². The minimum absolute atomic E-state index is 0.261. The molecule has 7 heteroatoms. The van der Waals surface area contributed by atoms with Crippen LogP contribution in [0.2, 0.25) is 0 Å². The highest BCUT2D eigenvalue weighted by atomic mass is 32.2. The first-order valence-electron chi connectivity index (χ1n) is 9.86. The van der Waals surface area contributed by atoms with Gasteiger partial charge in [0.15, 0.2) is 0 Å². The molecule has 0 unspecified atom stereocenters. The summed E-state index contributed by atoms with van der Waals surface area (Å²) in [5.41, 5.74) is 4.52. The van der Waals surface area contributed by atoms with E-state index in [2.05, 4.69) is 10.0 Å². The second-order valence-electron chi connectivity index (χ2n) is 7.40. The van der Waals surface area contributed by atoms with Crippen molar-refractivity contribution in [2.45, 2.75) is 26.7 Å². The first kappa shape index (κ1) is 22.5. The van der Waals surface area contributed by atoms with Gasteiger partial charge in [-0.15, -0.1) is 0 Å². The summed E-state index contributed by atoms with van der Waals surface area (Å²) in [5.74, 6) is -0.342. The molecule has 2 N–H and O–H groups in total. The molecule has 0 aliphatic rings. The van der Waals surface area contributed by atoms with Gasteiger partial charge in [0, 0.05) is 6.54 Å². The van der Waals surface area contributed by atoms with Crippen molar-refractivity contribution < 1.29 is 17.9 Å². The minimum Gasteiger partial charge on any atom is -0.372 e. The first-order valence-corrected chi connectivity index (χ1v) is 11.8. The van der Waals surface area contributed by atoms with Gasteiger partial charge in [0.2, 0.25) is 10.0 Å². The molecule has 0 spiro atoms. The molecule has 0 heterocycles. The third-order valence-corrected chi connectivity index (χ3v) is 5.16. The number of nitrogens with one attached hydrogen (secondary N) is 2. The summed E-state index contributed by atoms with van der Waals surface area (Å²) in [5, 5.41) is 2.85. The highest BCUT2D eigenvalue weighted by Gasteiger charge is 2.14. The van der Waals surface area contributed by atoms with Crippen LogP contribution in [0.1, 0.15) is 32.6 Å². The largest absolute Gasteiger partial charge is 0.372 e. The Morgan fingerprint density at radius 3 is 2.13 bits per heavy atom. The monoisotopic (exact) mass is 438 g/mol. The number of hydrogen-bond acceptors (Lipinski definition) is 4. The molecule has 0 aliphatic heterocycles. The van der Waals surface area contributed by atoms with Crippen LogP contribution in [0.3, 0.4) is 0 Å². The van der Waals surface area contributed by atoms with E-state index in [4.69, 9.17) is 4.74 Å². The summed E-state index contributed by atoms with van der Waals surface area (Å²) in [7, 11) is -3.49. The Hall–Kier alpha value is -3.16. The molecule has 0 saturated heterocycles. The number of amides is 1. The standard InChI is InChI=1S/C24H26N2O4S/c1-18-8-13-23(26-31(2,28)29)22(14-18)24(27)25-15-19-9-11-21(12-10-19)17-30-16-20-6-4-3-5-7-20/h3-14,26H,15-17H2,1-2H3,(H,25,27). The Morgan fingerprint density at radius 2 is 1.48 bits per heavy atom. The second kappa shape index (κ2) is 10.2. The van der Waals surface area contributed by atoms with Crippen LogP contribution in [0.4, 0.5) is 5.69 Å². The predicted molar refractivity (Wildman–Crippen MR) is 122 cm³/mol. The molecule has 0 bridgehead atoms. The molecule has 3 aromatic carbocycles. The van der Waals surface area contributed by atoms with E-state index < -0.39 is 10.0 Å². The van der Waals surface area contributed by atoms with Crippen molar-refractivity contribution in [1.82, 2.24) is 5.32 Å². The average molecular weight is 439 g/mol. The van der Waals surface area contributed by atoms with E-state index in [0.717, 1.165) is 28.5 Å². The maximum Gasteiger partial charge on any atom is 0.253 e. The third kappa shape index (κ3) is 7.24. The molecule has 0 aliphatic carbocycles. The molecule has 162 valence electrons. The third-order valence-electron chi connectivity index (χ3n) is 4.57. The van der Waals surface area contributed by atoms with Gasteiger partial charge in [0.25, 0.3) is 5.91 Å². The smallest absolute Gasteiger partial charge is 0.253 e. The number of ether oxygens (including phenoxy) is 1. The number of carbonyl (C=O) groups excluding carboxylic acids is 1. The van der Waals surface area contributed by atoms with Crippen molar-refractivity contribution in [3.8, 4) is 0 Å². The zero-order chi connectivity index (χ0) is 22.3. The van der Waals surface area contributed by atoms with E-state index in [1.807, 2.05) is 61.5 Å². The predicted octanol–water partition coefficient (Wildman–Crippen LogP) is 4.01. The fourth-order valence-electron chi connectivity index (χ4n) is 3.03. The van der Waals surface area contributed by atoms with Crippen LogP contribution in [-0.2, 0) is 34.5 Å². The molecule has 6 nitrogen and oxygen atoms in total. The SMILES string of the molecule is Cc1ccc(NS(C)(=O)=O)c(C(=O)NCc2ccc(COCc3ccccc3)cc2)c1. The molecule has 1 amide bonds. The number of hydrogen-bond donors (Lipinski definition) is 2. The maximum absolute atomic E-state index is 12.7. The molecule has 3 aromatic rings. The zero-order valence-electron chi connectivity index (χ0n) is 17.6. The number of sulfonamides is 1. The fourth-order valence-corrected chi connectivity index (χ4v) is 3.60. The topological polar surface area (TPSA) is 84.5 Å². The molecule has 3 rings (SSSR count). The second-order valence-corrected chi connectivity index (χ2v) is 9.15. The summed E-state index contributed by atoms with van der Waals surface area (Å²) >= 11 is 0. The van der Waals surface area contributed by atoms with Crippen LogP contribution < -0.4 is 10.0 Å². The van der Waals surface area contributed by atoms with Crippen LogP contribution in [0, 0.1) is 6.92 Å². The lowest BCUT2D eigenvalue weighted by molar-refractivity contribution is 0.0951. The zero-order valence-corrected chi connectivity index (χ0v) is 18.4. The van der Waals surface area contributed by atoms with Crippen LogP contribution in [-0.4, -0.2) is 20.6 Å². The van der Waals surface area contributed by atoms with E-state index in [-0.39, 0.29) is 17.2 Å². The molecule has 0 atom stereocenters. The van der Waals surface area contributed by atoms with Crippen molar-refractivity contribution in [2.24, 2.45) is 0 Å². The Balaban J connectivity index is 1.55. The van der Waals surface area contributed by atoms with Crippen molar-refractivity contribution >= 4 is 21.6 Å². The van der Waals surface area contributed by atoms with Crippen LogP contribution in [0.25, 0.3) is 0 Å². The van der Waals surface area contributed by atoms with Crippen molar-refractivity contribution in [3.63, 3.8) is 0 Å². The van der Waals surface area contributed by atoms with Crippen LogP contribution in [0.15, 0.2) is 72.8 Å². The first-order chi connectivity index (χ1) is 14.8. The Labute approximate surface area is 183 Å². The van der Waals surface area contributed by atoms with Crippen LogP contribution >= 0.6 is 0 Å². The summed E-state index contributed by atoms with van der Waals surface area (Å²) in [6.07, 6.45) is 1.06. The quantitative estimate of drug-likeness (QED) is 0.529. The maximum atomic E-state index is 12.7. The van der Waals surface area contributed by atoms with E-state index in [1.165, 1.54) is 0 Å². The molecule has 0 fully saturated rings. The lowest BCUT2D eigenvalue weighted by Crippen LogP contribution is -2.24. The van der Waals surface area contributed by atoms with E-state index in [1.54, 1.807) is 18.2 Å². The van der Waals surface area contributed by atoms with Gasteiger partial charge in [-0.05, 0) is 35.7 Å². The van der Waals surface area contributed by atoms with Crippen LogP contribution in [0.5, 0.6) is 0 Å². The summed E-state index contributed by atoms with van der Waals surface area (Å²) in [6, 6.07) is 22.8. The number of carbonyl (C=O) groups is 1. The Kier molecular flexibility index (Phi) is 7.44. The van der Waals surface area contributed by atoms with E-state index in [0.29, 0.717) is 19.8 Å². The fraction of sp³-hybridized carbons (Fsp3) is 0.208. The van der Waals surface area contributed by atoms with Gasteiger partial charge in [-0.1, -0.05) is 66.2 Å². The normalized spacial score (nSPS) is 11.2. The lowest BCUT2D eigenvalue weighted by Gasteiger charge is -2.12. The number of anilines is 1. The number of rotatable bonds is 9. The van der Waals surface area contributed by atoms with Gasteiger partial charge in [-0.25, -0.2) is 8.42 Å². The molecule has 31 heavy (non-hydrogen) atoms.